The Labute approximate surface area is 160 Å². The van der Waals surface area contributed by atoms with Crippen molar-refractivity contribution in [3.63, 3.8) is 0 Å². The number of pyridine rings is 1. The van der Waals surface area contributed by atoms with Crippen molar-refractivity contribution in [2.75, 3.05) is 0 Å². The number of hydrogen-bond donors (Lipinski definition) is 0. The Bertz CT molecular complexity index is 1040. The summed E-state index contributed by atoms with van der Waals surface area (Å²) < 4.78 is 72.1. The fourth-order valence-electron chi connectivity index (χ4n) is 3.24. The summed E-state index contributed by atoms with van der Waals surface area (Å²) in [7, 11) is 0. The number of alkyl halides is 3. The number of allylic oxidation sites excluding steroid dienone is 2. The average molecular weight is 495 g/mol. The van der Waals surface area contributed by atoms with E-state index in [0.717, 1.165) is 6.20 Å². The Kier molecular flexibility index (Phi) is 3.82. The SMILES string of the molecule is F[B-]1(F)n2c(Br)ccc2C(c2cccnc2C(F)(F)F)=C2C=CC(Br)=[N+]21. The van der Waals surface area contributed by atoms with Crippen LogP contribution in [0.4, 0.5) is 21.8 Å². The molecule has 0 aromatic carbocycles. The molecule has 0 spiro atoms. The van der Waals surface area contributed by atoms with Gasteiger partial charge in [0.25, 0.3) is 0 Å². The van der Waals surface area contributed by atoms with Crippen LogP contribution < -0.4 is 0 Å². The standard InChI is InChI=1S/C15H7BBr2F5N3/c17-11-5-3-9-13(8-2-1-7-24-14(8)15(19,20)21)10-4-6-12(18)26(10)16(22,23)25(9)11/h1-7H. The lowest BCUT2D eigenvalue weighted by atomic mass is 9.86. The van der Waals surface area contributed by atoms with E-state index in [1.165, 1.54) is 36.4 Å². The van der Waals surface area contributed by atoms with E-state index < -0.39 is 18.8 Å². The van der Waals surface area contributed by atoms with Crippen LogP contribution in [0.3, 0.4) is 0 Å². The highest BCUT2D eigenvalue weighted by Gasteiger charge is 2.55. The van der Waals surface area contributed by atoms with Gasteiger partial charge in [-0.1, -0.05) is 6.07 Å². The van der Waals surface area contributed by atoms with Gasteiger partial charge in [0.05, 0.1) is 10.2 Å². The summed E-state index contributed by atoms with van der Waals surface area (Å²) in [4.78, 5) is 3.45. The van der Waals surface area contributed by atoms with Crippen molar-refractivity contribution >= 4 is 49.0 Å². The smallest absolute Gasteiger partial charge is 0.389 e. The Hall–Kier alpha value is -1.75. The summed E-state index contributed by atoms with van der Waals surface area (Å²) in [6, 6.07) is 5.33. The molecule has 2 aliphatic rings. The number of halogens is 7. The van der Waals surface area contributed by atoms with Crippen LogP contribution in [0.1, 0.15) is 17.0 Å². The molecule has 0 saturated carbocycles. The minimum Gasteiger partial charge on any atom is -0.389 e. The monoisotopic (exact) mass is 493 g/mol. The van der Waals surface area contributed by atoms with Gasteiger partial charge in [0.2, 0.25) is 4.62 Å². The molecule has 2 aromatic rings. The quantitative estimate of drug-likeness (QED) is 0.402. The van der Waals surface area contributed by atoms with Crippen LogP contribution in [0.5, 0.6) is 0 Å². The molecule has 0 N–H and O–H groups in total. The number of hydrogen-bond acceptors (Lipinski definition) is 1. The van der Waals surface area contributed by atoms with Gasteiger partial charge in [0, 0.05) is 45.5 Å². The van der Waals surface area contributed by atoms with Gasteiger partial charge in [-0.3, -0.25) is 4.98 Å². The molecule has 4 rings (SSSR count). The van der Waals surface area contributed by atoms with Crippen molar-refractivity contribution in [3.05, 3.63) is 69.9 Å². The number of rotatable bonds is 1. The van der Waals surface area contributed by atoms with E-state index in [2.05, 4.69) is 36.8 Å². The third-order valence-electron chi connectivity index (χ3n) is 4.22. The highest BCUT2D eigenvalue weighted by molar-refractivity contribution is 9.18. The molecule has 0 fully saturated rings. The molecule has 0 saturated heterocycles. The fraction of sp³-hybridized carbons (Fsp3) is 0.0667. The molecule has 2 aliphatic heterocycles. The van der Waals surface area contributed by atoms with Gasteiger partial charge in [-0.05, 0) is 34.1 Å². The van der Waals surface area contributed by atoms with E-state index in [1.807, 2.05) is 0 Å². The largest absolute Gasteiger partial charge is 0.738 e. The van der Waals surface area contributed by atoms with E-state index in [1.54, 1.807) is 0 Å². The first-order chi connectivity index (χ1) is 12.1. The lowest BCUT2D eigenvalue weighted by Gasteiger charge is -2.32. The molecule has 134 valence electrons. The maximum Gasteiger partial charge on any atom is 0.738 e. The number of nitrogens with zero attached hydrogens (tertiary/aromatic N) is 3. The van der Waals surface area contributed by atoms with Gasteiger partial charge in [-0.15, -0.1) is 0 Å². The molecule has 26 heavy (non-hydrogen) atoms. The highest BCUT2D eigenvalue weighted by atomic mass is 79.9. The minimum atomic E-state index is -4.72. The normalized spacial score (nSPS) is 18.4. The topological polar surface area (TPSA) is 20.8 Å². The molecule has 0 amide bonds. The molecule has 3 nitrogen and oxygen atoms in total. The summed E-state index contributed by atoms with van der Waals surface area (Å²) >= 11 is 6.14. The Morgan fingerprint density at radius 3 is 2.50 bits per heavy atom. The predicted octanol–water partition coefficient (Wildman–Crippen LogP) is 5.04. The second-order valence-corrected chi connectivity index (χ2v) is 7.31. The van der Waals surface area contributed by atoms with Crippen molar-refractivity contribution in [1.29, 1.82) is 0 Å². The Balaban J connectivity index is 2.13. The van der Waals surface area contributed by atoms with Crippen LogP contribution >= 0.6 is 31.9 Å². The molecular formula is C15H7BBr2F5N3. The molecule has 2 aromatic heterocycles. The van der Waals surface area contributed by atoms with Crippen molar-refractivity contribution < 1.29 is 26.3 Å². The third kappa shape index (κ3) is 2.36. The summed E-state index contributed by atoms with van der Waals surface area (Å²) in [5, 5.41) is 0. The van der Waals surface area contributed by atoms with Crippen LogP contribution in [-0.4, -0.2) is 25.5 Å². The number of fused-ring (bicyclic) bond motifs is 2. The molecular weight excluding hydrogens is 488 g/mol. The maximum atomic E-state index is 15.1. The molecule has 0 bridgehead atoms. The van der Waals surface area contributed by atoms with Gasteiger partial charge < -0.3 is 17.6 Å². The first kappa shape index (κ1) is 17.7. The van der Waals surface area contributed by atoms with E-state index in [0.29, 0.717) is 8.96 Å². The summed E-state index contributed by atoms with van der Waals surface area (Å²) in [5.74, 6) is 0. The minimum absolute atomic E-state index is 0.0153. The zero-order valence-corrected chi connectivity index (χ0v) is 15.8. The van der Waals surface area contributed by atoms with Crippen molar-refractivity contribution in [3.8, 4) is 0 Å². The lowest BCUT2D eigenvalue weighted by molar-refractivity contribution is -0.358. The van der Waals surface area contributed by atoms with E-state index in [4.69, 9.17) is 0 Å². The van der Waals surface area contributed by atoms with Crippen molar-refractivity contribution in [1.82, 2.24) is 9.46 Å². The van der Waals surface area contributed by atoms with Gasteiger partial charge >= 0.3 is 13.1 Å². The second-order valence-electron chi connectivity index (χ2n) is 5.68. The van der Waals surface area contributed by atoms with Gasteiger partial charge in [0.1, 0.15) is 0 Å². The molecule has 4 heterocycles. The van der Waals surface area contributed by atoms with Crippen molar-refractivity contribution in [2.45, 2.75) is 6.18 Å². The van der Waals surface area contributed by atoms with Crippen LogP contribution in [0, 0.1) is 0 Å². The maximum absolute atomic E-state index is 15.1. The molecule has 0 atom stereocenters. The zero-order chi connectivity index (χ0) is 18.9. The Morgan fingerprint density at radius 1 is 1.08 bits per heavy atom. The van der Waals surface area contributed by atoms with E-state index in [-0.39, 0.29) is 31.8 Å². The van der Waals surface area contributed by atoms with Crippen LogP contribution in [0.2, 0.25) is 0 Å². The predicted molar refractivity (Wildman–Crippen MR) is 94.1 cm³/mol. The Morgan fingerprint density at radius 2 is 1.81 bits per heavy atom. The fourth-order valence-corrected chi connectivity index (χ4v) is 4.38. The number of aromatic nitrogens is 2. The molecule has 0 unspecified atom stereocenters. The zero-order valence-electron chi connectivity index (χ0n) is 12.6. The van der Waals surface area contributed by atoms with Gasteiger partial charge in [-0.2, -0.15) is 13.2 Å². The molecule has 11 heteroatoms. The van der Waals surface area contributed by atoms with Crippen LogP contribution in [0.15, 0.2) is 52.9 Å². The van der Waals surface area contributed by atoms with Crippen LogP contribution in [-0.2, 0) is 6.18 Å². The molecule has 0 radical (unpaired) electrons. The van der Waals surface area contributed by atoms with E-state index >= 15 is 8.63 Å². The lowest BCUT2D eigenvalue weighted by Crippen LogP contribution is -2.50. The first-order valence-corrected chi connectivity index (χ1v) is 8.89. The first-order valence-electron chi connectivity index (χ1n) is 7.30. The third-order valence-corrected chi connectivity index (χ3v) is 5.51. The van der Waals surface area contributed by atoms with Crippen LogP contribution in [0.25, 0.3) is 5.57 Å². The molecule has 0 aliphatic carbocycles. The summed E-state index contributed by atoms with van der Waals surface area (Å²) in [6.45, 7) is -4.29. The van der Waals surface area contributed by atoms with E-state index in [9.17, 15) is 13.2 Å². The van der Waals surface area contributed by atoms with Crippen molar-refractivity contribution in [2.24, 2.45) is 0 Å². The van der Waals surface area contributed by atoms with Gasteiger partial charge in [-0.25, -0.2) is 0 Å². The average Bonchev–Trinajstić information content (AvgIpc) is 3.12. The summed E-state index contributed by atoms with van der Waals surface area (Å²) in [5.41, 5.74) is -1.38. The second kappa shape index (κ2) is 5.62. The van der Waals surface area contributed by atoms with Gasteiger partial charge in [0.15, 0.2) is 11.4 Å². The summed E-state index contributed by atoms with van der Waals surface area (Å²) in [6.07, 6.45) is -0.947. The highest BCUT2D eigenvalue weighted by Crippen LogP contribution is 2.44.